The Hall–Kier alpha value is -3.46. The third kappa shape index (κ3) is 3.90. The predicted molar refractivity (Wildman–Crippen MR) is 131 cm³/mol. The Morgan fingerprint density at radius 1 is 1.18 bits per heavy atom. The molecule has 1 spiro atoms. The molecule has 8 nitrogen and oxygen atoms in total. The first-order valence-corrected chi connectivity index (χ1v) is 12.4. The van der Waals surface area contributed by atoms with Gasteiger partial charge in [0.15, 0.2) is 5.13 Å². The molecule has 1 aliphatic heterocycles. The van der Waals surface area contributed by atoms with Gasteiger partial charge in [-0.15, -0.1) is 11.3 Å². The minimum Gasteiger partial charge on any atom is -0.323 e. The summed E-state index contributed by atoms with van der Waals surface area (Å²) >= 11 is 1.35. The van der Waals surface area contributed by atoms with Crippen LogP contribution < -0.4 is 10.6 Å². The van der Waals surface area contributed by atoms with Crippen LogP contribution >= 0.6 is 11.3 Å². The second kappa shape index (κ2) is 8.72. The van der Waals surface area contributed by atoms with Crippen molar-refractivity contribution in [3.8, 4) is 16.9 Å². The maximum atomic E-state index is 12.7. The minimum atomic E-state index is -0.746. The molecule has 1 aromatic carbocycles. The Morgan fingerprint density at radius 2 is 1.91 bits per heavy atom. The number of carbonyl (C=O) groups is 3. The fraction of sp³-hybridized carbons (Fsp3) is 0.360. The first-order chi connectivity index (χ1) is 16.4. The van der Waals surface area contributed by atoms with Crippen LogP contribution in [-0.2, 0) is 9.59 Å². The van der Waals surface area contributed by atoms with Crippen molar-refractivity contribution in [2.24, 2.45) is 0 Å². The van der Waals surface area contributed by atoms with Crippen molar-refractivity contribution >= 4 is 34.3 Å². The number of carbonyl (C=O) groups excluding carboxylic acids is 3. The lowest BCUT2D eigenvalue weighted by atomic mass is 9.98. The molecule has 5 rings (SSSR count). The van der Waals surface area contributed by atoms with Gasteiger partial charge in [-0.1, -0.05) is 31.0 Å². The number of nitrogens with zero attached hydrogens (tertiary/aromatic N) is 3. The lowest BCUT2D eigenvalue weighted by Gasteiger charge is -2.19. The molecule has 1 saturated carbocycles. The fourth-order valence-electron chi connectivity index (χ4n) is 5.04. The molecule has 3 aromatic rings. The van der Waals surface area contributed by atoms with Crippen LogP contribution in [-0.4, -0.2) is 44.4 Å². The minimum absolute atomic E-state index is 0.0344. The first-order valence-electron chi connectivity index (χ1n) is 11.5. The lowest BCUT2D eigenvalue weighted by Crippen LogP contribution is -2.44. The monoisotopic (exact) mass is 477 g/mol. The zero-order chi connectivity index (χ0) is 23.9. The maximum Gasteiger partial charge on any atom is 0.325 e. The third-order valence-corrected chi connectivity index (χ3v) is 7.50. The van der Waals surface area contributed by atoms with Crippen LogP contribution in [0.3, 0.4) is 0 Å². The summed E-state index contributed by atoms with van der Waals surface area (Å²) in [7, 11) is 0. The molecule has 0 bridgehead atoms. The topological polar surface area (TPSA) is 96.3 Å². The summed E-state index contributed by atoms with van der Waals surface area (Å²) in [5, 5.41) is 8.07. The lowest BCUT2D eigenvalue weighted by molar-refractivity contribution is -0.131. The van der Waals surface area contributed by atoms with E-state index in [1.807, 2.05) is 23.6 Å². The van der Waals surface area contributed by atoms with Crippen LogP contribution in [0.5, 0.6) is 0 Å². The zero-order valence-electron chi connectivity index (χ0n) is 19.3. The van der Waals surface area contributed by atoms with E-state index < -0.39 is 11.6 Å². The summed E-state index contributed by atoms with van der Waals surface area (Å²) < 4.78 is 2.18. The molecule has 0 unspecified atom stereocenters. The van der Waals surface area contributed by atoms with Crippen molar-refractivity contribution in [2.75, 3.05) is 11.9 Å². The molecule has 0 atom stereocenters. The maximum absolute atomic E-state index is 12.7. The summed E-state index contributed by atoms with van der Waals surface area (Å²) in [6.45, 7) is 4.18. The van der Waals surface area contributed by atoms with E-state index in [4.69, 9.17) is 0 Å². The molecule has 2 aliphatic rings. The molecule has 1 saturated heterocycles. The van der Waals surface area contributed by atoms with Gasteiger partial charge < -0.3 is 15.2 Å². The van der Waals surface area contributed by atoms with E-state index in [1.54, 1.807) is 0 Å². The summed E-state index contributed by atoms with van der Waals surface area (Å²) in [5.74, 6) is -0.475. The number of rotatable bonds is 6. The Kier molecular flexibility index (Phi) is 5.73. The standard InChI is InChI=1S/C25H27N5O3S/c1-16-14-19(17(2)30(16)18-8-4-3-5-9-18)20-15-34-23(26-20)27-21(31)10-13-29-22(32)25(28-24(29)33)11-6-7-12-25/h3-5,8-9,14-15H,6-7,10-13H2,1-2H3,(H,28,33)(H,26,27,31). The first kappa shape index (κ1) is 22.3. The van der Waals surface area contributed by atoms with Crippen LogP contribution in [0.4, 0.5) is 9.93 Å². The molecule has 2 aromatic heterocycles. The summed E-state index contributed by atoms with van der Waals surface area (Å²) in [4.78, 5) is 43.3. The highest BCUT2D eigenvalue weighted by molar-refractivity contribution is 7.14. The van der Waals surface area contributed by atoms with Gasteiger partial charge in [0.1, 0.15) is 5.54 Å². The molecule has 34 heavy (non-hydrogen) atoms. The zero-order valence-corrected chi connectivity index (χ0v) is 20.1. The van der Waals surface area contributed by atoms with Gasteiger partial charge in [0.2, 0.25) is 5.91 Å². The van der Waals surface area contributed by atoms with Crippen LogP contribution in [0.15, 0.2) is 41.8 Å². The number of hydrogen-bond acceptors (Lipinski definition) is 5. The fourth-order valence-corrected chi connectivity index (χ4v) is 5.77. The van der Waals surface area contributed by atoms with Crippen LogP contribution in [0.25, 0.3) is 16.9 Å². The Morgan fingerprint density at radius 3 is 2.65 bits per heavy atom. The Labute approximate surface area is 202 Å². The van der Waals surface area contributed by atoms with Gasteiger partial charge in [0.25, 0.3) is 5.91 Å². The number of aromatic nitrogens is 2. The van der Waals surface area contributed by atoms with Crippen LogP contribution in [0.2, 0.25) is 0 Å². The van der Waals surface area contributed by atoms with E-state index in [0.29, 0.717) is 18.0 Å². The highest BCUT2D eigenvalue weighted by Crippen LogP contribution is 2.35. The van der Waals surface area contributed by atoms with E-state index in [2.05, 4.69) is 52.2 Å². The molecular formula is C25H27N5O3S. The molecule has 0 radical (unpaired) electrons. The van der Waals surface area contributed by atoms with E-state index >= 15 is 0 Å². The van der Waals surface area contributed by atoms with E-state index in [0.717, 1.165) is 41.2 Å². The molecular weight excluding hydrogens is 450 g/mol. The van der Waals surface area contributed by atoms with E-state index in [9.17, 15) is 14.4 Å². The highest BCUT2D eigenvalue weighted by atomic mass is 32.1. The number of para-hydroxylation sites is 1. The number of anilines is 1. The Bertz CT molecular complexity index is 1260. The van der Waals surface area contributed by atoms with Crippen molar-refractivity contribution in [3.05, 3.63) is 53.2 Å². The van der Waals surface area contributed by atoms with E-state index in [-0.39, 0.29) is 24.8 Å². The number of imide groups is 1. The molecule has 1 aliphatic carbocycles. The number of amides is 4. The normalized spacial score (nSPS) is 16.9. The van der Waals surface area contributed by atoms with Gasteiger partial charge in [-0.3, -0.25) is 14.5 Å². The van der Waals surface area contributed by atoms with Crippen molar-refractivity contribution in [1.82, 2.24) is 19.8 Å². The van der Waals surface area contributed by atoms with Gasteiger partial charge in [-0.25, -0.2) is 9.78 Å². The number of aryl methyl sites for hydroxylation is 1. The van der Waals surface area contributed by atoms with Gasteiger partial charge in [-0.05, 0) is 44.9 Å². The van der Waals surface area contributed by atoms with Gasteiger partial charge >= 0.3 is 6.03 Å². The van der Waals surface area contributed by atoms with E-state index in [1.165, 1.54) is 16.2 Å². The number of nitrogens with one attached hydrogen (secondary N) is 2. The molecule has 9 heteroatoms. The molecule has 176 valence electrons. The quantitative estimate of drug-likeness (QED) is 0.514. The van der Waals surface area contributed by atoms with Gasteiger partial charge in [0.05, 0.1) is 5.69 Å². The van der Waals surface area contributed by atoms with Crippen molar-refractivity contribution in [2.45, 2.75) is 51.5 Å². The van der Waals surface area contributed by atoms with Crippen LogP contribution in [0, 0.1) is 13.8 Å². The molecule has 2 fully saturated rings. The second-order valence-corrected chi connectivity index (χ2v) is 9.83. The molecule has 3 heterocycles. The van der Waals surface area contributed by atoms with Crippen molar-refractivity contribution in [1.29, 1.82) is 0 Å². The number of urea groups is 1. The summed E-state index contributed by atoms with van der Waals surface area (Å²) in [6.07, 6.45) is 3.24. The van der Waals surface area contributed by atoms with Gasteiger partial charge in [-0.2, -0.15) is 0 Å². The largest absolute Gasteiger partial charge is 0.325 e. The summed E-state index contributed by atoms with van der Waals surface area (Å²) in [5.41, 5.74) is 4.33. The average molecular weight is 478 g/mol. The predicted octanol–water partition coefficient (Wildman–Crippen LogP) is 4.41. The summed E-state index contributed by atoms with van der Waals surface area (Å²) in [6, 6.07) is 11.8. The van der Waals surface area contributed by atoms with Gasteiger partial charge in [0, 0.05) is 41.0 Å². The molecule has 4 amide bonds. The smallest absolute Gasteiger partial charge is 0.323 e. The van der Waals surface area contributed by atoms with Crippen molar-refractivity contribution < 1.29 is 14.4 Å². The third-order valence-electron chi connectivity index (χ3n) is 6.74. The highest BCUT2D eigenvalue weighted by Gasteiger charge is 2.52. The van der Waals surface area contributed by atoms with Crippen molar-refractivity contribution in [3.63, 3.8) is 0 Å². The SMILES string of the molecule is Cc1cc(-c2csc(NC(=O)CCN3C(=O)NC4(CCCC4)C3=O)n2)c(C)n1-c1ccccc1. The molecule has 2 N–H and O–H groups in total. The number of hydrogen-bond donors (Lipinski definition) is 2. The number of thiazole rings is 1. The van der Waals surface area contributed by atoms with Crippen LogP contribution in [0.1, 0.15) is 43.5 Å². The average Bonchev–Trinajstić information content (AvgIpc) is 3.58. The number of benzene rings is 1. The second-order valence-electron chi connectivity index (χ2n) is 8.97. The Balaban J connectivity index is 1.24.